The van der Waals surface area contributed by atoms with Crippen molar-refractivity contribution in [3.8, 4) is 23.0 Å². The third-order valence-electron chi connectivity index (χ3n) is 24.6. The summed E-state index contributed by atoms with van der Waals surface area (Å²) in [5, 5.41) is 0. The third-order valence-corrected chi connectivity index (χ3v) is 24.6. The van der Waals surface area contributed by atoms with Gasteiger partial charge in [0, 0.05) is 92.5 Å². The highest BCUT2D eigenvalue weighted by Crippen LogP contribution is 2.54. The van der Waals surface area contributed by atoms with Crippen LogP contribution in [0.25, 0.3) is 0 Å². The lowest BCUT2D eigenvalue weighted by atomic mass is 9.29. The van der Waals surface area contributed by atoms with E-state index < -0.39 is 0 Å². The predicted molar refractivity (Wildman–Crippen MR) is 495 cm³/mol. The first-order valence-corrected chi connectivity index (χ1v) is 41.9. The number of anilines is 12. The van der Waals surface area contributed by atoms with E-state index in [1.54, 1.807) is 0 Å². The Labute approximate surface area is 685 Å². The highest BCUT2D eigenvalue weighted by atomic mass is 16.5. The summed E-state index contributed by atoms with van der Waals surface area (Å²) in [4.78, 5) is 10.5. The molecule has 0 N–H and O–H groups in total. The van der Waals surface area contributed by atoms with Gasteiger partial charge in [-0.1, -0.05) is 299 Å². The zero-order valence-electron chi connectivity index (χ0n) is 74.4. The van der Waals surface area contributed by atoms with Gasteiger partial charge < -0.3 is 29.1 Å². The molecule has 0 radical (unpaired) electrons. The Morgan fingerprint density at radius 2 is 0.395 bits per heavy atom. The summed E-state index contributed by atoms with van der Waals surface area (Å²) in [6, 6.07) is 80.7. The predicted octanol–water partition coefficient (Wildman–Crippen LogP) is 26.4. The zero-order chi connectivity index (χ0) is 82.4. The van der Waals surface area contributed by atoms with Crippen LogP contribution in [0.3, 0.4) is 0 Å². The number of fused-ring (bicyclic) bond motifs is 8. The first-order valence-electron chi connectivity index (χ1n) is 41.9. The monoisotopic (exact) mass is 1510 g/mol. The van der Waals surface area contributed by atoms with Gasteiger partial charge in [-0.05, 0) is 234 Å². The van der Waals surface area contributed by atoms with E-state index in [2.05, 4.69) is 434 Å². The fourth-order valence-corrected chi connectivity index (χ4v) is 17.8. The van der Waals surface area contributed by atoms with E-state index in [9.17, 15) is 0 Å². The minimum atomic E-state index is -0.317. The van der Waals surface area contributed by atoms with Crippen molar-refractivity contribution in [1.29, 1.82) is 0 Å². The van der Waals surface area contributed by atoms with Gasteiger partial charge in [-0.25, -0.2) is 0 Å². The van der Waals surface area contributed by atoms with Crippen molar-refractivity contribution in [3.05, 3.63) is 262 Å². The Hall–Kier alpha value is -9.65. The lowest BCUT2D eigenvalue weighted by Crippen LogP contribution is -2.66. The maximum absolute atomic E-state index is 7.49. The topological polar surface area (TPSA) is 31.4 Å². The van der Waals surface area contributed by atoms with Crippen molar-refractivity contribution in [2.75, 3.05) is 19.6 Å². The SMILES string of the molecule is CC(C)(C)c1ccc(Oc2cc3c4c(c2)N(c2ccc(C(C)(C)C)cc2)c2cc(C(C)(C)C)cc(C(C)(C)C)c2B4c2cc4c(cc2N3c2ccc(C(C)(C)C)cc2)N(c2ccc(C(C)(C)C)cc2)c2cc(Oc3ccc(C(C)(C)C)cc3)cc3c2B4c2c(cc(C(C)(C)C)cc2C(C)(C)C)N3c2ccc(C(C)(C)C)cc2)cc1. The average Bonchev–Trinajstić information content (AvgIpc) is 0.675. The lowest BCUT2D eigenvalue weighted by molar-refractivity contribution is 0.481. The standard InChI is InChI=1S/C106H124B2N4O2/c1-97(2,3)65-31-43-73(44-32-65)109-85-64-86-84(63-83(85)107-93-81(105(25,26)27)55-71(103(19,20)21)57-87(93)111(75-47-35-67(36-48-75)99(7,8)9)91-61-79(59-89(109)95(91)107)113-77-51-39-69(40-52-77)101(13,14)15)108-94-82(106(28,29)30)56-72(104(22,23)24)58-88(94)112(76-49-37-68(38-50-76)100(10,11)12)92-62-80(114-78-53-41-70(42-54-78)102(16,17)18)60-90(96(92)108)110(86)74-45-33-66(34-46-74)98(4,5)6/h31-64H,1-30H3. The molecule has 586 valence electrons. The van der Waals surface area contributed by atoms with Crippen LogP contribution in [0.15, 0.2) is 206 Å². The molecule has 8 heteroatoms. The van der Waals surface area contributed by atoms with Gasteiger partial charge in [0.2, 0.25) is 0 Å². The molecule has 0 aromatic heterocycles. The summed E-state index contributed by atoms with van der Waals surface area (Å²) < 4.78 is 15.0. The fourth-order valence-electron chi connectivity index (χ4n) is 17.8. The van der Waals surface area contributed by atoms with Crippen molar-refractivity contribution in [2.24, 2.45) is 0 Å². The van der Waals surface area contributed by atoms with E-state index in [1.807, 2.05) is 0 Å². The van der Waals surface area contributed by atoms with Crippen LogP contribution in [-0.4, -0.2) is 13.4 Å². The highest BCUT2D eigenvalue weighted by molar-refractivity contribution is 7.03. The number of ether oxygens (including phenoxy) is 2. The van der Waals surface area contributed by atoms with Crippen LogP contribution in [0.5, 0.6) is 23.0 Å². The van der Waals surface area contributed by atoms with Gasteiger partial charge in [0.25, 0.3) is 13.4 Å². The molecule has 0 atom stereocenters. The summed E-state index contributed by atoms with van der Waals surface area (Å²) in [6.07, 6.45) is 0. The summed E-state index contributed by atoms with van der Waals surface area (Å²) >= 11 is 0. The molecular weight excluding hydrogens is 1380 g/mol. The molecular formula is C106H124B2N4O2. The van der Waals surface area contributed by atoms with Crippen molar-refractivity contribution >= 4 is 114 Å². The van der Waals surface area contributed by atoms with Gasteiger partial charge in [0.05, 0.1) is 0 Å². The van der Waals surface area contributed by atoms with Crippen LogP contribution in [-0.2, 0) is 54.1 Å². The normalized spacial score (nSPS) is 14.5. The molecule has 4 aliphatic rings. The van der Waals surface area contributed by atoms with E-state index in [4.69, 9.17) is 9.47 Å². The second-order valence-corrected chi connectivity index (χ2v) is 43.8. The van der Waals surface area contributed by atoms with E-state index in [0.717, 1.165) is 79.9 Å². The van der Waals surface area contributed by atoms with Crippen LogP contribution in [0, 0.1) is 0 Å². The van der Waals surface area contributed by atoms with Gasteiger partial charge in [-0.2, -0.15) is 0 Å². The molecule has 4 aliphatic heterocycles. The van der Waals surface area contributed by atoms with Crippen LogP contribution in [0.4, 0.5) is 68.2 Å². The number of hydrogen-bond acceptors (Lipinski definition) is 6. The molecule has 0 spiro atoms. The molecule has 15 rings (SSSR count). The molecule has 0 saturated heterocycles. The first kappa shape index (κ1) is 79.6. The number of rotatable bonds is 8. The van der Waals surface area contributed by atoms with Gasteiger partial charge in [-0.15, -0.1) is 0 Å². The van der Waals surface area contributed by atoms with Crippen LogP contribution >= 0.6 is 0 Å². The van der Waals surface area contributed by atoms with E-state index in [-0.39, 0.29) is 67.6 Å². The fraction of sp³-hybridized carbons (Fsp3) is 0.377. The Kier molecular flexibility index (Phi) is 18.8. The number of nitrogens with zero attached hydrogens (tertiary/aromatic N) is 4. The maximum Gasteiger partial charge on any atom is 0.252 e. The first-order chi connectivity index (χ1) is 52.8. The Balaban J connectivity index is 1.13. The van der Waals surface area contributed by atoms with Gasteiger partial charge in [0.15, 0.2) is 0 Å². The Morgan fingerprint density at radius 3 is 0.614 bits per heavy atom. The Bertz CT molecular complexity index is 5220. The van der Waals surface area contributed by atoms with E-state index in [1.165, 1.54) is 99.8 Å². The summed E-state index contributed by atoms with van der Waals surface area (Å²) in [5.74, 6) is 3.09. The Morgan fingerprint density at radius 1 is 0.184 bits per heavy atom. The highest BCUT2D eigenvalue weighted by Gasteiger charge is 2.52. The van der Waals surface area contributed by atoms with Crippen molar-refractivity contribution < 1.29 is 9.47 Å². The molecule has 114 heavy (non-hydrogen) atoms. The molecule has 0 fully saturated rings. The summed E-state index contributed by atoms with van der Waals surface area (Å²) in [7, 11) is 0. The van der Waals surface area contributed by atoms with Crippen LogP contribution < -0.4 is 61.9 Å². The van der Waals surface area contributed by atoms with Crippen molar-refractivity contribution in [1.82, 2.24) is 0 Å². The molecule has 11 aromatic carbocycles. The minimum absolute atomic E-state index is 0.0392. The zero-order valence-corrected chi connectivity index (χ0v) is 74.4. The van der Waals surface area contributed by atoms with E-state index >= 15 is 0 Å². The molecule has 6 nitrogen and oxygen atoms in total. The third kappa shape index (κ3) is 14.4. The number of hydrogen-bond donors (Lipinski definition) is 0. The number of benzene rings is 11. The maximum atomic E-state index is 7.49. The summed E-state index contributed by atoms with van der Waals surface area (Å²) in [6.45, 7) is 69.9. The molecule has 0 aliphatic carbocycles. The van der Waals surface area contributed by atoms with Crippen LogP contribution in [0.2, 0.25) is 0 Å². The van der Waals surface area contributed by atoms with Crippen LogP contribution in [0.1, 0.15) is 263 Å². The van der Waals surface area contributed by atoms with Crippen molar-refractivity contribution in [2.45, 2.75) is 262 Å². The van der Waals surface area contributed by atoms with Crippen molar-refractivity contribution in [3.63, 3.8) is 0 Å². The summed E-state index contributed by atoms with van der Waals surface area (Å²) in [5.41, 5.74) is 32.3. The average molecular weight is 1510 g/mol. The molecule has 0 bridgehead atoms. The minimum Gasteiger partial charge on any atom is -0.457 e. The van der Waals surface area contributed by atoms with Gasteiger partial charge in [-0.3, -0.25) is 0 Å². The molecule has 4 heterocycles. The molecule has 0 amide bonds. The second-order valence-electron chi connectivity index (χ2n) is 43.8. The quantitative estimate of drug-likeness (QED) is 0.141. The molecule has 0 unspecified atom stereocenters. The molecule has 11 aromatic rings. The van der Waals surface area contributed by atoms with Gasteiger partial charge in [0.1, 0.15) is 23.0 Å². The second kappa shape index (κ2) is 27.0. The van der Waals surface area contributed by atoms with E-state index in [0.29, 0.717) is 0 Å². The molecule has 0 saturated carbocycles. The largest absolute Gasteiger partial charge is 0.457 e. The van der Waals surface area contributed by atoms with Gasteiger partial charge >= 0.3 is 0 Å². The smallest absolute Gasteiger partial charge is 0.252 e. The lowest BCUT2D eigenvalue weighted by Gasteiger charge is -2.49.